The van der Waals surface area contributed by atoms with E-state index in [0.29, 0.717) is 0 Å². The molecule has 2 N–H and O–H groups in total. The van der Waals surface area contributed by atoms with Crippen molar-refractivity contribution < 1.29 is 4.79 Å². The Morgan fingerprint density at radius 2 is 2.08 bits per heavy atom. The fraction of sp³-hybridized carbons (Fsp3) is 0.700. The van der Waals surface area contributed by atoms with E-state index >= 15 is 0 Å². The van der Waals surface area contributed by atoms with Crippen LogP contribution in [0.15, 0.2) is 11.6 Å². The summed E-state index contributed by atoms with van der Waals surface area (Å²) in [5, 5.41) is 0. The predicted molar refractivity (Wildman–Crippen MR) is 55.4 cm³/mol. The zero-order valence-corrected chi connectivity index (χ0v) is 8.84. The first-order valence-electron chi connectivity index (χ1n) is 4.71. The second-order valence-electron chi connectivity index (χ2n) is 3.44. The maximum atomic E-state index is 10.9. The Bertz CT molecular complexity index is 185. The van der Waals surface area contributed by atoms with Crippen molar-refractivity contribution in [3.05, 3.63) is 11.6 Å². The summed E-state index contributed by atoms with van der Waals surface area (Å²) in [5.74, 6) is -0.277. The Labute approximate surface area is 80.6 Å². The highest BCUT2D eigenvalue weighted by Crippen LogP contribution is 2.05. The number of amides is 1. The summed E-state index contributed by atoms with van der Waals surface area (Å²) in [6.45, 7) is 3.00. The van der Waals surface area contributed by atoms with Crippen LogP contribution in [0, 0.1) is 0 Å². The van der Waals surface area contributed by atoms with Gasteiger partial charge < -0.3 is 10.6 Å². The predicted octanol–water partition coefficient (Wildman–Crippen LogP) is 1.15. The van der Waals surface area contributed by atoms with Gasteiger partial charge in [-0.3, -0.25) is 4.79 Å². The van der Waals surface area contributed by atoms with E-state index in [1.54, 1.807) is 0 Å². The van der Waals surface area contributed by atoms with Crippen LogP contribution >= 0.6 is 0 Å². The highest BCUT2D eigenvalue weighted by Gasteiger charge is 2.02. The molecule has 0 saturated carbocycles. The third-order valence-electron chi connectivity index (χ3n) is 1.80. The van der Waals surface area contributed by atoms with Crippen molar-refractivity contribution in [3.8, 4) is 0 Å². The minimum atomic E-state index is -0.277. The molecule has 13 heavy (non-hydrogen) atoms. The van der Waals surface area contributed by atoms with Gasteiger partial charge in [-0.25, -0.2) is 0 Å². The van der Waals surface area contributed by atoms with Crippen molar-refractivity contribution in [3.63, 3.8) is 0 Å². The summed E-state index contributed by atoms with van der Waals surface area (Å²) >= 11 is 0. The second kappa shape index (κ2) is 6.66. The van der Waals surface area contributed by atoms with Crippen molar-refractivity contribution in [1.29, 1.82) is 0 Å². The minimum Gasteiger partial charge on any atom is -0.366 e. The van der Waals surface area contributed by atoms with Gasteiger partial charge in [0.05, 0.1) is 0 Å². The first kappa shape index (κ1) is 12.2. The van der Waals surface area contributed by atoms with E-state index in [1.807, 2.05) is 27.1 Å². The zero-order chi connectivity index (χ0) is 10.3. The average Bonchev–Trinajstić information content (AvgIpc) is 2.02. The fourth-order valence-electron chi connectivity index (χ4n) is 1.09. The Morgan fingerprint density at radius 3 is 2.46 bits per heavy atom. The molecule has 0 aliphatic carbocycles. The number of nitrogens with zero attached hydrogens (tertiary/aromatic N) is 1. The molecule has 0 unspecified atom stereocenters. The molecule has 3 heteroatoms. The lowest BCUT2D eigenvalue weighted by Crippen LogP contribution is -2.16. The van der Waals surface area contributed by atoms with Crippen molar-refractivity contribution in [2.75, 3.05) is 20.6 Å². The van der Waals surface area contributed by atoms with E-state index in [4.69, 9.17) is 5.73 Å². The van der Waals surface area contributed by atoms with E-state index in [1.165, 1.54) is 0 Å². The molecule has 0 aromatic heterocycles. The molecule has 0 heterocycles. The van der Waals surface area contributed by atoms with Gasteiger partial charge in [0.1, 0.15) is 0 Å². The summed E-state index contributed by atoms with van der Waals surface area (Å²) in [5.41, 5.74) is 5.99. The van der Waals surface area contributed by atoms with Crippen LogP contribution in [0.1, 0.15) is 26.2 Å². The topological polar surface area (TPSA) is 46.3 Å². The molecule has 0 aromatic rings. The van der Waals surface area contributed by atoms with Gasteiger partial charge in [0.2, 0.25) is 5.91 Å². The normalized spacial score (nSPS) is 12.2. The van der Waals surface area contributed by atoms with E-state index in [-0.39, 0.29) is 5.91 Å². The maximum Gasteiger partial charge on any atom is 0.244 e. The molecule has 0 atom stereocenters. The Morgan fingerprint density at radius 1 is 1.46 bits per heavy atom. The quantitative estimate of drug-likeness (QED) is 0.629. The lowest BCUT2D eigenvalue weighted by molar-refractivity contribution is -0.114. The Hall–Kier alpha value is -0.830. The molecule has 0 rings (SSSR count). The average molecular weight is 184 g/mol. The molecule has 0 saturated heterocycles. The van der Waals surface area contributed by atoms with Crippen molar-refractivity contribution >= 4 is 5.91 Å². The number of nitrogens with two attached hydrogens (primary N) is 1. The SMILES string of the molecule is CCCC(=CCCN(C)C)C(N)=O. The highest BCUT2D eigenvalue weighted by molar-refractivity contribution is 5.91. The summed E-state index contributed by atoms with van der Waals surface area (Å²) in [6.07, 6.45) is 4.61. The molecule has 0 bridgehead atoms. The molecule has 0 aliphatic heterocycles. The highest BCUT2D eigenvalue weighted by atomic mass is 16.1. The van der Waals surface area contributed by atoms with Crippen molar-refractivity contribution in [1.82, 2.24) is 4.90 Å². The van der Waals surface area contributed by atoms with E-state index in [2.05, 4.69) is 4.90 Å². The Balaban J connectivity index is 3.96. The van der Waals surface area contributed by atoms with Crippen LogP contribution in [0.25, 0.3) is 0 Å². The van der Waals surface area contributed by atoms with Crippen LogP contribution in [0.3, 0.4) is 0 Å². The summed E-state index contributed by atoms with van der Waals surface area (Å²) < 4.78 is 0. The van der Waals surface area contributed by atoms with Gasteiger partial charge in [-0.1, -0.05) is 19.4 Å². The fourth-order valence-corrected chi connectivity index (χ4v) is 1.09. The third-order valence-corrected chi connectivity index (χ3v) is 1.80. The van der Waals surface area contributed by atoms with Gasteiger partial charge in [-0.05, 0) is 26.9 Å². The first-order chi connectivity index (χ1) is 6.07. The van der Waals surface area contributed by atoms with Crippen molar-refractivity contribution in [2.24, 2.45) is 5.73 Å². The molecule has 0 radical (unpaired) electrons. The van der Waals surface area contributed by atoms with Gasteiger partial charge in [0.25, 0.3) is 0 Å². The number of primary amides is 1. The van der Waals surface area contributed by atoms with Crippen LogP contribution in [-0.4, -0.2) is 31.4 Å². The molecule has 0 aliphatic rings. The number of rotatable bonds is 6. The molecule has 1 amide bonds. The van der Waals surface area contributed by atoms with Gasteiger partial charge in [0.15, 0.2) is 0 Å². The van der Waals surface area contributed by atoms with E-state index in [9.17, 15) is 4.79 Å². The summed E-state index contributed by atoms with van der Waals surface area (Å²) in [7, 11) is 4.02. The van der Waals surface area contributed by atoms with Crippen LogP contribution < -0.4 is 5.73 Å². The monoisotopic (exact) mass is 184 g/mol. The number of hydrogen-bond acceptors (Lipinski definition) is 2. The lowest BCUT2D eigenvalue weighted by atomic mass is 10.1. The zero-order valence-electron chi connectivity index (χ0n) is 8.84. The first-order valence-corrected chi connectivity index (χ1v) is 4.71. The summed E-state index contributed by atoms with van der Waals surface area (Å²) in [4.78, 5) is 13.0. The van der Waals surface area contributed by atoms with Gasteiger partial charge in [-0.2, -0.15) is 0 Å². The lowest BCUT2D eigenvalue weighted by Gasteiger charge is -2.07. The Kier molecular flexibility index (Phi) is 6.24. The molecule has 3 nitrogen and oxygen atoms in total. The summed E-state index contributed by atoms with van der Waals surface area (Å²) in [6, 6.07) is 0. The smallest absolute Gasteiger partial charge is 0.244 e. The largest absolute Gasteiger partial charge is 0.366 e. The van der Waals surface area contributed by atoms with E-state index < -0.39 is 0 Å². The third kappa shape index (κ3) is 6.34. The number of carbonyl (C=O) groups excluding carboxylic acids is 1. The number of carbonyl (C=O) groups is 1. The van der Waals surface area contributed by atoms with Crippen LogP contribution in [-0.2, 0) is 4.79 Å². The van der Waals surface area contributed by atoms with Gasteiger partial charge in [-0.15, -0.1) is 0 Å². The van der Waals surface area contributed by atoms with Crippen LogP contribution in [0.4, 0.5) is 0 Å². The molecule has 0 fully saturated rings. The van der Waals surface area contributed by atoms with Gasteiger partial charge >= 0.3 is 0 Å². The van der Waals surface area contributed by atoms with Crippen LogP contribution in [0.5, 0.6) is 0 Å². The van der Waals surface area contributed by atoms with E-state index in [0.717, 1.165) is 31.4 Å². The molecular formula is C10H20N2O. The molecule has 0 aromatic carbocycles. The molecular weight excluding hydrogens is 164 g/mol. The molecule has 76 valence electrons. The number of hydrogen-bond donors (Lipinski definition) is 1. The van der Waals surface area contributed by atoms with Crippen LogP contribution in [0.2, 0.25) is 0 Å². The minimum absolute atomic E-state index is 0.277. The maximum absolute atomic E-state index is 10.9. The van der Waals surface area contributed by atoms with Gasteiger partial charge in [0, 0.05) is 12.1 Å². The van der Waals surface area contributed by atoms with Crippen molar-refractivity contribution in [2.45, 2.75) is 26.2 Å². The standard InChI is InChI=1S/C10H20N2O/c1-4-6-9(10(11)13)7-5-8-12(2)3/h7H,4-6,8H2,1-3H3,(H2,11,13). The molecule has 0 spiro atoms. The second-order valence-corrected chi connectivity index (χ2v) is 3.44.